The average Bonchev–Trinajstić information content (AvgIpc) is 2.86. The van der Waals surface area contributed by atoms with Crippen LogP contribution in [0.15, 0.2) is 29.8 Å². The fourth-order valence-corrected chi connectivity index (χ4v) is 2.78. The van der Waals surface area contributed by atoms with Gasteiger partial charge in [-0.15, -0.1) is 0 Å². The van der Waals surface area contributed by atoms with Crippen molar-refractivity contribution in [2.75, 3.05) is 0 Å². The van der Waals surface area contributed by atoms with Gasteiger partial charge in [0.25, 0.3) is 0 Å². The van der Waals surface area contributed by atoms with E-state index < -0.39 is 0 Å². The molecule has 0 radical (unpaired) electrons. The largest absolute Gasteiger partial charge is 0.193 e. The summed E-state index contributed by atoms with van der Waals surface area (Å²) in [4.78, 5) is 0. The maximum atomic E-state index is 9.04. The van der Waals surface area contributed by atoms with E-state index in [-0.39, 0.29) is 5.92 Å². The van der Waals surface area contributed by atoms with Crippen molar-refractivity contribution in [2.45, 2.75) is 18.3 Å². The second-order valence-electron chi connectivity index (χ2n) is 4.05. The van der Waals surface area contributed by atoms with E-state index in [1.165, 1.54) is 5.56 Å². The van der Waals surface area contributed by atoms with Crippen LogP contribution in [0.3, 0.4) is 0 Å². The van der Waals surface area contributed by atoms with Crippen molar-refractivity contribution in [1.29, 1.82) is 10.5 Å². The third kappa shape index (κ3) is 0.913. The number of benzene rings is 1. The molecule has 1 aromatic carbocycles. The van der Waals surface area contributed by atoms with E-state index in [0.29, 0.717) is 5.92 Å². The molecule has 0 amide bonds. The van der Waals surface area contributed by atoms with Crippen molar-refractivity contribution in [1.82, 2.24) is 0 Å². The quantitative estimate of drug-likeness (QED) is 0.634. The maximum absolute atomic E-state index is 9.04. The molecule has 2 bridgehead atoms. The lowest BCUT2D eigenvalue weighted by Gasteiger charge is -2.13. The smallest absolute Gasteiger partial charge is 0.0994 e. The first-order chi connectivity index (χ1) is 7.35. The Morgan fingerprint density at radius 1 is 1.20 bits per heavy atom. The standard InChI is InChI=1S/C13H8N2/c14-6-8-2-1-3-11-9-4-10(7-15)12(5-9)13(8)11/h1-4,9,12H,5H2. The van der Waals surface area contributed by atoms with Crippen molar-refractivity contribution >= 4 is 0 Å². The van der Waals surface area contributed by atoms with E-state index in [4.69, 9.17) is 10.5 Å². The number of nitriles is 2. The molecule has 0 fully saturated rings. The van der Waals surface area contributed by atoms with Gasteiger partial charge in [-0.05, 0) is 23.6 Å². The molecule has 15 heavy (non-hydrogen) atoms. The van der Waals surface area contributed by atoms with Crippen LogP contribution >= 0.6 is 0 Å². The van der Waals surface area contributed by atoms with E-state index in [1.807, 2.05) is 18.2 Å². The van der Waals surface area contributed by atoms with Crippen molar-refractivity contribution in [3.05, 3.63) is 46.5 Å². The second kappa shape index (κ2) is 2.72. The second-order valence-corrected chi connectivity index (χ2v) is 4.05. The van der Waals surface area contributed by atoms with Gasteiger partial charge in [-0.3, -0.25) is 0 Å². The van der Waals surface area contributed by atoms with E-state index in [9.17, 15) is 0 Å². The van der Waals surface area contributed by atoms with Crippen molar-refractivity contribution in [2.24, 2.45) is 0 Å². The van der Waals surface area contributed by atoms with Gasteiger partial charge in [-0.25, -0.2) is 0 Å². The van der Waals surface area contributed by atoms with Crippen LogP contribution in [0.25, 0.3) is 0 Å². The summed E-state index contributed by atoms with van der Waals surface area (Å²) in [6.07, 6.45) is 3.03. The van der Waals surface area contributed by atoms with Gasteiger partial charge < -0.3 is 0 Å². The van der Waals surface area contributed by atoms with Crippen molar-refractivity contribution < 1.29 is 0 Å². The molecule has 0 heterocycles. The molecule has 0 saturated heterocycles. The Kier molecular flexibility index (Phi) is 1.50. The monoisotopic (exact) mass is 192 g/mol. The topological polar surface area (TPSA) is 47.6 Å². The zero-order valence-corrected chi connectivity index (χ0v) is 8.07. The molecule has 2 unspecified atom stereocenters. The highest BCUT2D eigenvalue weighted by Crippen LogP contribution is 2.52. The lowest BCUT2D eigenvalue weighted by molar-refractivity contribution is 0.793. The Balaban J connectivity index is 2.25. The van der Waals surface area contributed by atoms with Crippen LogP contribution in [0.4, 0.5) is 0 Å². The lowest BCUT2D eigenvalue weighted by Crippen LogP contribution is -2.00. The van der Waals surface area contributed by atoms with Crippen LogP contribution in [0, 0.1) is 22.7 Å². The predicted octanol–water partition coefficient (Wildman–Crippen LogP) is 2.59. The molecule has 0 aliphatic heterocycles. The zero-order valence-electron chi connectivity index (χ0n) is 8.07. The highest BCUT2D eigenvalue weighted by molar-refractivity contribution is 5.60. The molecule has 3 rings (SSSR count). The molecule has 0 aromatic heterocycles. The molecule has 1 aromatic rings. The van der Waals surface area contributed by atoms with Gasteiger partial charge in [0.15, 0.2) is 0 Å². The van der Waals surface area contributed by atoms with Crippen molar-refractivity contribution in [3.63, 3.8) is 0 Å². The summed E-state index contributed by atoms with van der Waals surface area (Å²) in [6.45, 7) is 0. The van der Waals surface area contributed by atoms with Gasteiger partial charge in [-0.2, -0.15) is 10.5 Å². The predicted molar refractivity (Wildman–Crippen MR) is 55.0 cm³/mol. The molecule has 2 aliphatic rings. The summed E-state index contributed by atoms with van der Waals surface area (Å²) in [5, 5.41) is 18.0. The molecule has 70 valence electrons. The van der Waals surface area contributed by atoms with Gasteiger partial charge in [0.05, 0.1) is 17.7 Å². The normalized spacial score (nSPS) is 25.3. The molecule has 2 heteroatoms. The summed E-state index contributed by atoms with van der Waals surface area (Å²) in [6, 6.07) is 10.3. The fraction of sp³-hybridized carbons (Fsp3) is 0.231. The lowest BCUT2D eigenvalue weighted by atomic mass is 9.88. The number of allylic oxidation sites excluding steroid dienone is 2. The van der Waals surface area contributed by atoms with Gasteiger partial charge in [-0.1, -0.05) is 18.2 Å². The third-order valence-corrected chi connectivity index (χ3v) is 3.38. The van der Waals surface area contributed by atoms with Crippen LogP contribution in [0.5, 0.6) is 0 Å². The first-order valence-corrected chi connectivity index (χ1v) is 5.00. The van der Waals surface area contributed by atoms with Gasteiger partial charge in [0.2, 0.25) is 0 Å². The molecule has 0 saturated carbocycles. The van der Waals surface area contributed by atoms with Gasteiger partial charge in [0.1, 0.15) is 0 Å². The number of rotatable bonds is 0. The van der Waals surface area contributed by atoms with Crippen molar-refractivity contribution in [3.8, 4) is 12.1 Å². The molecular formula is C13H8N2. The van der Waals surface area contributed by atoms with Crippen LogP contribution in [0.2, 0.25) is 0 Å². The first kappa shape index (κ1) is 8.26. The Bertz CT molecular complexity index is 555. The Labute approximate surface area is 88.1 Å². The van der Waals surface area contributed by atoms with E-state index in [0.717, 1.165) is 23.1 Å². The number of fused-ring (bicyclic) bond motifs is 5. The van der Waals surface area contributed by atoms with E-state index in [2.05, 4.69) is 18.2 Å². The minimum absolute atomic E-state index is 0.186. The van der Waals surface area contributed by atoms with Crippen LogP contribution in [0.1, 0.15) is 34.9 Å². The number of hydrogen-bond acceptors (Lipinski definition) is 2. The molecule has 2 nitrogen and oxygen atoms in total. The molecule has 2 aliphatic carbocycles. The zero-order chi connectivity index (χ0) is 10.4. The summed E-state index contributed by atoms with van der Waals surface area (Å²) in [7, 11) is 0. The molecular weight excluding hydrogens is 184 g/mol. The SMILES string of the molecule is N#CC1=CC2CC1c1c(C#N)cccc12. The van der Waals surface area contributed by atoms with Gasteiger partial charge >= 0.3 is 0 Å². The first-order valence-electron chi connectivity index (χ1n) is 5.00. The Morgan fingerprint density at radius 3 is 2.80 bits per heavy atom. The summed E-state index contributed by atoms with van der Waals surface area (Å²) in [5.74, 6) is 0.554. The molecule has 0 spiro atoms. The summed E-state index contributed by atoms with van der Waals surface area (Å²) in [5.41, 5.74) is 3.93. The molecule has 0 N–H and O–H groups in total. The minimum Gasteiger partial charge on any atom is -0.193 e. The van der Waals surface area contributed by atoms with Crippen LogP contribution in [-0.4, -0.2) is 0 Å². The van der Waals surface area contributed by atoms with Crippen LogP contribution in [-0.2, 0) is 0 Å². The third-order valence-electron chi connectivity index (χ3n) is 3.38. The Morgan fingerprint density at radius 2 is 2.07 bits per heavy atom. The average molecular weight is 192 g/mol. The highest BCUT2D eigenvalue weighted by atomic mass is 14.4. The van der Waals surface area contributed by atoms with E-state index in [1.54, 1.807) is 0 Å². The number of nitrogens with zero attached hydrogens (tertiary/aromatic N) is 2. The minimum atomic E-state index is 0.186. The molecule has 2 atom stereocenters. The fourth-order valence-electron chi connectivity index (χ4n) is 2.78. The van der Waals surface area contributed by atoms with Crippen LogP contribution < -0.4 is 0 Å². The highest BCUT2D eigenvalue weighted by Gasteiger charge is 2.39. The van der Waals surface area contributed by atoms with E-state index >= 15 is 0 Å². The van der Waals surface area contributed by atoms with Gasteiger partial charge in [0, 0.05) is 17.4 Å². The Hall–Kier alpha value is -2.06. The summed E-state index contributed by atoms with van der Waals surface area (Å²) >= 11 is 0. The maximum Gasteiger partial charge on any atom is 0.0994 e. The summed E-state index contributed by atoms with van der Waals surface area (Å²) < 4.78 is 0. The number of hydrogen-bond donors (Lipinski definition) is 0.